The standard InChI is InChI=1S/C32H25F6N3O/c1-2-18-5-7-20(8-6-18)24-4-3-11-39-30(24)28(14-19-12-22(34)15-23(35)13-19)41-31(42)29(32(36,37)38)26-17-40-27-10-9-21(33)16-25(26)27/h3-13,15-17,28-29,40H,2,14H2,1H3,(H,41,42)/t28-,29?/m0/s1. The van der Waals surface area contributed by atoms with E-state index in [1.54, 1.807) is 12.1 Å². The molecule has 0 aliphatic heterocycles. The van der Waals surface area contributed by atoms with E-state index in [1.165, 1.54) is 12.3 Å². The number of carbonyl (C=O) groups is 1. The molecule has 0 aliphatic rings. The van der Waals surface area contributed by atoms with Crippen molar-refractivity contribution in [2.45, 2.75) is 37.9 Å². The van der Waals surface area contributed by atoms with Crippen LogP contribution in [0.1, 0.15) is 41.3 Å². The third kappa shape index (κ3) is 6.17. The number of amides is 1. The SMILES string of the molecule is CCc1ccc(-c2cccnc2[C@H](Cc2cc(F)cc(F)c2)NC(=O)C(c2c[nH]c3ccc(F)cc23)C(F)(F)F)cc1. The Labute approximate surface area is 237 Å². The third-order valence-electron chi connectivity index (χ3n) is 7.10. The molecule has 4 nitrogen and oxygen atoms in total. The first kappa shape index (κ1) is 28.9. The largest absolute Gasteiger partial charge is 0.404 e. The Morgan fingerprint density at radius 3 is 2.29 bits per heavy atom. The molecule has 1 unspecified atom stereocenters. The molecule has 0 radical (unpaired) electrons. The maximum absolute atomic E-state index is 14.5. The van der Waals surface area contributed by atoms with Crippen LogP contribution >= 0.6 is 0 Å². The van der Waals surface area contributed by atoms with Crippen LogP contribution in [0.25, 0.3) is 22.0 Å². The number of hydrogen-bond donors (Lipinski definition) is 2. The van der Waals surface area contributed by atoms with Crippen molar-refractivity contribution in [3.8, 4) is 11.1 Å². The smallest absolute Gasteiger partial charge is 0.361 e. The normalized spacial score (nSPS) is 13.2. The van der Waals surface area contributed by atoms with Gasteiger partial charge in [0.15, 0.2) is 5.92 Å². The lowest BCUT2D eigenvalue weighted by molar-refractivity contribution is -0.165. The number of pyridine rings is 1. The van der Waals surface area contributed by atoms with Crippen molar-refractivity contribution >= 4 is 16.8 Å². The Bertz CT molecular complexity index is 1710. The van der Waals surface area contributed by atoms with Crippen molar-refractivity contribution in [3.05, 3.63) is 125 Å². The van der Waals surface area contributed by atoms with Gasteiger partial charge >= 0.3 is 6.18 Å². The van der Waals surface area contributed by atoms with Gasteiger partial charge in [-0.1, -0.05) is 37.3 Å². The van der Waals surface area contributed by atoms with Crippen LogP contribution < -0.4 is 5.32 Å². The summed E-state index contributed by atoms with van der Waals surface area (Å²) in [6.07, 6.45) is -2.07. The summed E-state index contributed by atoms with van der Waals surface area (Å²) in [7, 11) is 0. The molecule has 0 bridgehead atoms. The molecule has 5 aromatic rings. The van der Waals surface area contributed by atoms with E-state index < -0.39 is 47.1 Å². The zero-order valence-corrected chi connectivity index (χ0v) is 22.3. The highest BCUT2D eigenvalue weighted by Crippen LogP contribution is 2.40. The molecular weight excluding hydrogens is 556 g/mol. The summed E-state index contributed by atoms with van der Waals surface area (Å²) in [4.78, 5) is 20.6. The molecule has 5 rings (SSSR count). The Morgan fingerprint density at radius 2 is 1.62 bits per heavy atom. The summed E-state index contributed by atoms with van der Waals surface area (Å²) in [5.74, 6) is -6.60. The van der Waals surface area contributed by atoms with Gasteiger partial charge in [0.2, 0.25) is 5.91 Å². The van der Waals surface area contributed by atoms with Crippen LogP contribution in [0.15, 0.2) is 85.2 Å². The van der Waals surface area contributed by atoms with Gasteiger partial charge in [0.25, 0.3) is 0 Å². The minimum absolute atomic E-state index is 0.0919. The van der Waals surface area contributed by atoms with E-state index in [9.17, 15) is 31.1 Å². The summed E-state index contributed by atoms with van der Waals surface area (Å²) in [5.41, 5.74) is 2.37. The average Bonchev–Trinajstić information content (AvgIpc) is 3.33. The minimum atomic E-state index is -5.05. The molecular formula is C32H25F6N3O. The molecule has 10 heteroatoms. The first-order valence-corrected chi connectivity index (χ1v) is 13.2. The predicted octanol–water partition coefficient (Wildman–Crippen LogP) is 7.96. The first-order valence-electron chi connectivity index (χ1n) is 13.2. The lowest BCUT2D eigenvalue weighted by Gasteiger charge is -2.25. The fraction of sp³-hybridized carbons (Fsp3) is 0.188. The van der Waals surface area contributed by atoms with E-state index in [0.717, 1.165) is 42.4 Å². The second-order valence-corrected chi connectivity index (χ2v) is 9.94. The molecule has 0 spiro atoms. The summed E-state index contributed by atoms with van der Waals surface area (Å²) in [6.45, 7) is 1.99. The molecule has 2 N–H and O–H groups in total. The van der Waals surface area contributed by atoms with Crippen LogP contribution in [-0.4, -0.2) is 22.1 Å². The molecule has 0 aliphatic carbocycles. The second kappa shape index (κ2) is 11.7. The monoisotopic (exact) mass is 581 g/mol. The van der Waals surface area contributed by atoms with Crippen molar-refractivity contribution < 1.29 is 31.1 Å². The van der Waals surface area contributed by atoms with Crippen LogP contribution in [0, 0.1) is 17.5 Å². The number of fused-ring (bicyclic) bond motifs is 1. The van der Waals surface area contributed by atoms with Crippen molar-refractivity contribution in [1.82, 2.24) is 15.3 Å². The minimum Gasteiger partial charge on any atom is -0.361 e. The van der Waals surface area contributed by atoms with E-state index in [4.69, 9.17) is 0 Å². The summed E-state index contributed by atoms with van der Waals surface area (Å²) in [5, 5.41) is 2.36. The molecule has 3 aromatic carbocycles. The number of aromatic amines is 1. The van der Waals surface area contributed by atoms with Gasteiger partial charge in [-0.3, -0.25) is 9.78 Å². The van der Waals surface area contributed by atoms with Crippen LogP contribution in [0.2, 0.25) is 0 Å². The number of hydrogen-bond acceptors (Lipinski definition) is 2. The number of nitrogens with one attached hydrogen (secondary N) is 2. The average molecular weight is 582 g/mol. The fourth-order valence-corrected chi connectivity index (χ4v) is 5.11. The van der Waals surface area contributed by atoms with Gasteiger partial charge in [-0.2, -0.15) is 13.2 Å². The summed E-state index contributed by atoms with van der Waals surface area (Å²) in [6, 6.07) is 15.7. The number of alkyl halides is 3. The van der Waals surface area contributed by atoms with Gasteiger partial charge in [0.1, 0.15) is 17.5 Å². The Balaban J connectivity index is 1.59. The zero-order chi connectivity index (χ0) is 30.0. The van der Waals surface area contributed by atoms with Gasteiger partial charge in [-0.25, -0.2) is 13.2 Å². The predicted molar refractivity (Wildman–Crippen MR) is 147 cm³/mol. The van der Waals surface area contributed by atoms with E-state index in [-0.39, 0.29) is 28.6 Å². The number of rotatable bonds is 8. The number of benzene rings is 3. The van der Waals surface area contributed by atoms with Crippen LogP contribution in [-0.2, 0) is 17.6 Å². The number of carbonyl (C=O) groups excluding carboxylic acids is 1. The molecule has 2 heterocycles. The molecule has 2 aromatic heterocycles. The van der Waals surface area contributed by atoms with Gasteiger partial charge in [-0.05, 0) is 71.5 Å². The van der Waals surface area contributed by atoms with Gasteiger partial charge in [-0.15, -0.1) is 0 Å². The number of aryl methyl sites for hydroxylation is 1. The van der Waals surface area contributed by atoms with Crippen molar-refractivity contribution in [1.29, 1.82) is 0 Å². The first-order chi connectivity index (χ1) is 20.0. The number of nitrogens with zero attached hydrogens (tertiary/aromatic N) is 1. The van der Waals surface area contributed by atoms with E-state index in [1.807, 2.05) is 31.2 Å². The Kier molecular flexibility index (Phi) is 8.06. The molecule has 0 fully saturated rings. The molecule has 2 atom stereocenters. The van der Waals surface area contributed by atoms with Crippen LogP contribution in [0.4, 0.5) is 26.3 Å². The highest BCUT2D eigenvalue weighted by atomic mass is 19.4. The van der Waals surface area contributed by atoms with Crippen LogP contribution in [0.5, 0.6) is 0 Å². The Morgan fingerprint density at radius 1 is 0.905 bits per heavy atom. The summed E-state index contributed by atoms with van der Waals surface area (Å²) < 4.78 is 85.6. The molecule has 0 saturated heterocycles. The number of H-pyrrole nitrogens is 1. The van der Waals surface area contributed by atoms with Gasteiger partial charge < -0.3 is 10.3 Å². The lowest BCUT2D eigenvalue weighted by atomic mass is 9.92. The quantitative estimate of drug-likeness (QED) is 0.183. The van der Waals surface area contributed by atoms with E-state index >= 15 is 0 Å². The number of aromatic nitrogens is 2. The molecule has 216 valence electrons. The zero-order valence-electron chi connectivity index (χ0n) is 22.3. The van der Waals surface area contributed by atoms with Gasteiger partial charge in [0, 0.05) is 34.9 Å². The van der Waals surface area contributed by atoms with Crippen LogP contribution in [0.3, 0.4) is 0 Å². The molecule has 42 heavy (non-hydrogen) atoms. The summed E-state index contributed by atoms with van der Waals surface area (Å²) >= 11 is 0. The van der Waals surface area contributed by atoms with Gasteiger partial charge in [0.05, 0.1) is 11.7 Å². The second-order valence-electron chi connectivity index (χ2n) is 9.94. The fourth-order valence-electron chi connectivity index (χ4n) is 5.11. The van der Waals surface area contributed by atoms with E-state index in [0.29, 0.717) is 17.2 Å². The van der Waals surface area contributed by atoms with Crippen molar-refractivity contribution in [2.24, 2.45) is 0 Å². The molecule has 1 amide bonds. The third-order valence-corrected chi connectivity index (χ3v) is 7.10. The lowest BCUT2D eigenvalue weighted by Crippen LogP contribution is -2.40. The topological polar surface area (TPSA) is 57.8 Å². The highest BCUT2D eigenvalue weighted by molar-refractivity contribution is 5.93. The van der Waals surface area contributed by atoms with Crippen molar-refractivity contribution in [3.63, 3.8) is 0 Å². The Hall–Kier alpha value is -4.60. The van der Waals surface area contributed by atoms with Crippen molar-refractivity contribution in [2.75, 3.05) is 0 Å². The highest BCUT2D eigenvalue weighted by Gasteiger charge is 2.47. The maximum Gasteiger partial charge on any atom is 0.404 e. The number of halogens is 6. The van der Waals surface area contributed by atoms with E-state index in [2.05, 4.69) is 15.3 Å². The maximum atomic E-state index is 14.5. The molecule has 0 saturated carbocycles.